The van der Waals surface area contributed by atoms with Crippen molar-refractivity contribution in [3.8, 4) is 11.4 Å². The van der Waals surface area contributed by atoms with Crippen molar-refractivity contribution in [3.05, 3.63) is 56.5 Å². The highest BCUT2D eigenvalue weighted by Crippen LogP contribution is 2.33. The number of rotatable bonds is 4. The number of carbonyl (C=O) groups excluding carboxylic acids is 2. The molecule has 0 saturated carbocycles. The Bertz CT molecular complexity index is 1040. The minimum Gasteiger partial charge on any atom is -0.337 e. The Morgan fingerprint density at radius 1 is 1.26 bits per heavy atom. The zero-order chi connectivity index (χ0) is 19.2. The molecular formula is C17H12Cl2N4O3S. The molecule has 7 nitrogen and oxygen atoms in total. The zero-order valence-corrected chi connectivity index (χ0v) is 16.2. The molecule has 3 aromatic rings. The number of carbonyl (C=O) groups is 2. The molecule has 0 spiro atoms. The van der Waals surface area contributed by atoms with E-state index in [-0.39, 0.29) is 12.4 Å². The van der Waals surface area contributed by atoms with Crippen LogP contribution < -0.4 is 5.32 Å². The van der Waals surface area contributed by atoms with E-state index in [2.05, 4.69) is 15.5 Å². The molecule has 1 atom stereocenters. The fourth-order valence-corrected chi connectivity index (χ4v) is 3.74. The quantitative estimate of drug-likeness (QED) is 0.639. The van der Waals surface area contributed by atoms with E-state index in [1.807, 2.05) is 16.8 Å². The normalized spacial score (nSPS) is 19.6. The Morgan fingerprint density at radius 3 is 2.78 bits per heavy atom. The van der Waals surface area contributed by atoms with Crippen LogP contribution in [0.3, 0.4) is 0 Å². The van der Waals surface area contributed by atoms with Gasteiger partial charge in [0.05, 0.1) is 10.0 Å². The summed E-state index contributed by atoms with van der Waals surface area (Å²) in [6.45, 7) is 1.48. The van der Waals surface area contributed by atoms with E-state index >= 15 is 0 Å². The lowest BCUT2D eigenvalue weighted by Crippen LogP contribution is -2.40. The van der Waals surface area contributed by atoms with Crippen molar-refractivity contribution >= 4 is 46.5 Å². The minimum absolute atomic E-state index is 0.126. The molecule has 1 aliphatic rings. The molecule has 1 aliphatic heterocycles. The van der Waals surface area contributed by atoms with Gasteiger partial charge in [-0.3, -0.25) is 9.69 Å². The van der Waals surface area contributed by atoms with Crippen LogP contribution in [0.4, 0.5) is 4.79 Å². The van der Waals surface area contributed by atoms with E-state index in [1.165, 1.54) is 11.3 Å². The monoisotopic (exact) mass is 422 g/mol. The highest BCUT2D eigenvalue weighted by atomic mass is 35.5. The van der Waals surface area contributed by atoms with Crippen LogP contribution in [0.2, 0.25) is 10.0 Å². The van der Waals surface area contributed by atoms with Gasteiger partial charge in [0.15, 0.2) is 0 Å². The summed E-state index contributed by atoms with van der Waals surface area (Å²) in [5.41, 5.74) is 0.0803. The average molecular weight is 423 g/mol. The molecule has 0 aliphatic carbocycles. The molecule has 1 unspecified atom stereocenters. The van der Waals surface area contributed by atoms with Crippen LogP contribution in [0.1, 0.15) is 18.4 Å². The van der Waals surface area contributed by atoms with Crippen molar-refractivity contribution in [2.24, 2.45) is 0 Å². The second-order valence-electron chi connectivity index (χ2n) is 6.10. The predicted molar refractivity (Wildman–Crippen MR) is 101 cm³/mol. The first kappa shape index (κ1) is 18.0. The molecule has 2 aromatic heterocycles. The van der Waals surface area contributed by atoms with E-state index in [4.69, 9.17) is 27.7 Å². The number of benzene rings is 1. The fourth-order valence-electron chi connectivity index (χ4n) is 2.81. The summed E-state index contributed by atoms with van der Waals surface area (Å²) in [6, 6.07) is 6.10. The first-order chi connectivity index (χ1) is 12.9. The predicted octanol–water partition coefficient (Wildman–Crippen LogP) is 4.07. The van der Waals surface area contributed by atoms with Crippen molar-refractivity contribution in [2.75, 3.05) is 0 Å². The van der Waals surface area contributed by atoms with Crippen LogP contribution in [0.25, 0.3) is 11.4 Å². The van der Waals surface area contributed by atoms with Gasteiger partial charge in [0.1, 0.15) is 12.1 Å². The van der Waals surface area contributed by atoms with Crippen LogP contribution in [0.5, 0.6) is 0 Å². The molecule has 4 rings (SSSR count). The summed E-state index contributed by atoms with van der Waals surface area (Å²) in [4.78, 5) is 30.6. The van der Waals surface area contributed by atoms with Gasteiger partial charge < -0.3 is 9.84 Å². The Morgan fingerprint density at radius 2 is 2.07 bits per heavy atom. The third-order valence-electron chi connectivity index (χ3n) is 4.31. The van der Waals surface area contributed by atoms with E-state index in [0.717, 1.165) is 10.5 Å². The molecule has 27 heavy (non-hydrogen) atoms. The van der Waals surface area contributed by atoms with Gasteiger partial charge in [0.25, 0.3) is 5.91 Å². The number of nitrogens with zero attached hydrogens (tertiary/aromatic N) is 3. The van der Waals surface area contributed by atoms with Crippen LogP contribution >= 0.6 is 34.5 Å². The summed E-state index contributed by atoms with van der Waals surface area (Å²) in [5, 5.41) is 11.0. The van der Waals surface area contributed by atoms with Gasteiger partial charge in [-0.25, -0.2) is 4.79 Å². The molecule has 1 saturated heterocycles. The van der Waals surface area contributed by atoms with Crippen LogP contribution in [0.15, 0.2) is 39.5 Å². The van der Waals surface area contributed by atoms with Crippen LogP contribution in [-0.4, -0.2) is 27.0 Å². The maximum absolute atomic E-state index is 13.0. The third kappa shape index (κ3) is 3.09. The van der Waals surface area contributed by atoms with Gasteiger partial charge in [-0.05, 0) is 36.1 Å². The number of hydrogen-bond acceptors (Lipinski definition) is 6. The summed E-state index contributed by atoms with van der Waals surface area (Å²) < 4.78 is 5.19. The molecule has 0 radical (unpaired) electrons. The summed E-state index contributed by atoms with van der Waals surface area (Å²) in [6.07, 6.45) is 0. The van der Waals surface area contributed by atoms with Crippen molar-refractivity contribution in [1.82, 2.24) is 20.4 Å². The Labute approximate surface area is 167 Å². The van der Waals surface area contributed by atoms with E-state index in [1.54, 1.807) is 25.1 Å². The standard InChI is InChI=1S/C17H12Cl2N4O3S/c1-17(10-2-3-11(18)12(19)6-10)15(24)23(16(25)21-17)7-13-20-14(22-26-13)9-4-5-27-8-9/h2-6,8H,7H2,1H3,(H,21,25). The lowest BCUT2D eigenvalue weighted by molar-refractivity contribution is -0.131. The first-order valence-corrected chi connectivity index (χ1v) is 9.53. The number of amides is 3. The minimum atomic E-state index is -1.26. The van der Waals surface area contributed by atoms with Crippen molar-refractivity contribution < 1.29 is 14.1 Å². The Balaban J connectivity index is 1.59. The molecule has 1 N–H and O–H groups in total. The highest BCUT2D eigenvalue weighted by Gasteiger charge is 2.49. The maximum Gasteiger partial charge on any atom is 0.325 e. The van der Waals surface area contributed by atoms with Crippen LogP contribution in [-0.2, 0) is 16.9 Å². The second-order valence-corrected chi connectivity index (χ2v) is 7.69. The second kappa shape index (κ2) is 6.63. The topological polar surface area (TPSA) is 88.3 Å². The van der Waals surface area contributed by atoms with Gasteiger partial charge in [-0.2, -0.15) is 16.3 Å². The lowest BCUT2D eigenvalue weighted by atomic mass is 9.92. The number of thiophene rings is 1. The van der Waals surface area contributed by atoms with Crippen LogP contribution in [0, 0.1) is 0 Å². The third-order valence-corrected chi connectivity index (χ3v) is 5.74. The molecule has 3 amide bonds. The Hall–Kier alpha value is -2.42. The van der Waals surface area contributed by atoms with E-state index in [0.29, 0.717) is 21.4 Å². The van der Waals surface area contributed by atoms with Crippen molar-refractivity contribution in [2.45, 2.75) is 19.0 Å². The molecule has 138 valence electrons. The number of aromatic nitrogens is 2. The molecule has 1 fully saturated rings. The highest BCUT2D eigenvalue weighted by molar-refractivity contribution is 7.08. The lowest BCUT2D eigenvalue weighted by Gasteiger charge is -2.22. The van der Waals surface area contributed by atoms with E-state index < -0.39 is 17.5 Å². The first-order valence-electron chi connectivity index (χ1n) is 7.83. The summed E-state index contributed by atoms with van der Waals surface area (Å²) in [5.74, 6) is 0.129. The van der Waals surface area contributed by atoms with Gasteiger partial charge in [0.2, 0.25) is 11.7 Å². The van der Waals surface area contributed by atoms with Gasteiger partial charge in [0, 0.05) is 10.9 Å². The van der Waals surface area contributed by atoms with Gasteiger partial charge in [-0.1, -0.05) is 34.4 Å². The fraction of sp³-hybridized carbons (Fsp3) is 0.176. The van der Waals surface area contributed by atoms with E-state index in [9.17, 15) is 9.59 Å². The van der Waals surface area contributed by atoms with Gasteiger partial charge >= 0.3 is 6.03 Å². The molecular weight excluding hydrogens is 411 g/mol. The summed E-state index contributed by atoms with van der Waals surface area (Å²) in [7, 11) is 0. The number of imide groups is 1. The molecule has 3 heterocycles. The number of urea groups is 1. The van der Waals surface area contributed by atoms with Crippen molar-refractivity contribution in [3.63, 3.8) is 0 Å². The Kier molecular flexibility index (Phi) is 4.41. The smallest absolute Gasteiger partial charge is 0.325 e. The molecule has 0 bridgehead atoms. The zero-order valence-electron chi connectivity index (χ0n) is 13.9. The van der Waals surface area contributed by atoms with Crippen molar-refractivity contribution in [1.29, 1.82) is 0 Å². The number of hydrogen-bond donors (Lipinski definition) is 1. The largest absolute Gasteiger partial charge is 0.337 e. The number of nitrogens with one attached hydrogen (secondary N) is 1. The number of halogens is 2. The average Bonchev–Trinajstić information content (AvgIpc) is 3.35. The maximum atomic E-state index is 13.0. The summed E-state index contributed by atoms with van der Waals surface area (Å²) >= 11 is 13.5. The SMILES string of the molecule is CC1(c2ccc(Cl)c(Cl)c2)NC(=O)N(Cc2nc(-c3ccsc3)no2)C1=O. The molecule has 1 aromatic carbocycles. The van der Waals surface area contributed by atoms with Gasteiger partial charge in [-0.15, -0.1) is 0 Å². The molecule has 10 heteroatoms.